The highest BCUT2D eigenvalue weighted by molar-refractivity contribution is 7.89. The molecule has 1 saturated heterocycles. The average molecular weight is 430 g/mol. The Kier molecular flexibility index (Phi) is 5.55. The Bertz CT molecular complexity index is 1110. The summed E-state index contributed by atoms with van der Waals surface area (Å²) >= 11 is 0. The Morgan fingerprint density at radius 2 is 1.60 bits per heavy atom. The average Bonchev–Trinajstić information content (AvgIpc) is 3.29. The molecule has 0 spiro atoms. The van der Waals surface area contributed by atoms with Gasteiger partial charge >= 0.3 is 0 Å². The van der Waals surface area contributed by atoms with Gasteiger partial charge in [0.25, 0.3) is 0 Å². The second-order valence-electron chi connectivity index (χ2n) is 6.63. The van der Waals surface area contributed by atoms with Crippen LogP contribution in [0.4, 0.5) is 5.95 Å². The lowest BCUT2D eigenvalue weighted by Crippen LogP contribution is -2.49. The van der Waals surface area contributed by atoms with Gasteiger partial charge in [-0.25, -0.2) is 8.42 Å². The van der Waals surface area contributed by atoms with Gasteiger partial charge in [0, 0.05) is 32.2 Å². The fourth-order valence-corrected chi connectivity index (χ4v) is 4.81. The SMILES string of the molecule is COc1ccc(S(=O)(=O)N2CCN(c3nnnn3-c3ccccc3)CC2)cc1OC. The second kappa shape index (κ2) is 8.28. The molecule has 11 heteroatoms. The van der Waals surface area contributed by atoms with Crippen LogP contribution in [0.1, 0.15) is 0 Å². The summed E-state index contributed by atoms with van der Waals surface area (Å²) in [7, 11) is -0.677. The Balaban J connectivity index is 1.51. The molecule has 0 N–H and O–H groups in total. The van der Waals surface area contributed by atoms with E-state index in [0.717, 1.165) is 5.69 Å². The normalized spacial score (nSPS) is 15.2. The van der Waals surface area contributed by atoms with E-state index in [1.54, 1.807) is 10.7 Å². The Morgan fingerprint density at radius 3 is 2.27 bits per heavy atom. The second-order valence-corrected chi connectivity index (χ2v) is 8.57. The highest BCUT2D eigenvalue weighted by Gasteiger charge is 2.31. The van der Waals surface area contributed by atoms with Crippen molar-refractivity contribution in [2.45, 2.75) is 4.90 Å². The van der Waals surface area contributed by atoms with E-state index >= 15 is 0 Å². The number of para-hydroxylation sites is 1. The van der Waals surface area contributed by atoms with Crippen molar-refractivity contribution < 1.29 is 17.9 Å². The quantitative estimate of drug-likeness (QED) is 0.575. The van der Waals surface area contributed by atoms with E-state index in [1.807, 2.05) is 35.2 Å². The van der Waals surface area contributed by atoms with Crippen LogP contribution < -0.4 is 14.4 Å². The van der Waals surface area contributed by atoms with Gasteiger partial charge < -0.3 is 14.4 Å². The van der Waals surface area contributed by atoms with Gasteiger partial charge in [-0.15, -0.1) is 0 Å². The Hall–Kier alpha value is -3.18. The van der Waals surface area contributed by atoms with Crippen LogP contribution in [0, 0.1) is 0 Å². The van der Waals surface area contributed by atoms with E-state index in [4.69, 9.17) is 9.47 Å². The third kappa shape index (κ3) is 3.68. The lowest BCUT2D eigenvalue weighted by Gasteiger charge is -2.34. The maximum absolute atomic E-state index is 13.1. The van der Waals surface area contributed by atoms with Crippen molar-refractivity contribution >= 4 is 16.0 Å². The number of methoxy groups -OCH3 is 2. The zero-order chi connectivity index (χ0) is 21.1. The molecule has 2 aromatic carbocycles. The van der Waals surface area contributed by atoms with E-state index in [0.29, 0.717) is 43.6 Å². The van der Waals surface area contributed by atoms with Crippen LogP contribution in [0.2, 0.25) is 0 Å². The first-order valence-corrected chi connectivity index (χ1v) is 10.8. The van der Waals surface area contributed by atoms with Crippen LogP contribution in [0.5, 0.6) is 11.5 Å². The third-order valence-corrected chi connectivity index (χ3v) is 6.86. The highest BCUT2D eigenvalue weighted by atomic mass is 32.2. The summed E-state index contributed by atoms with van der Waals surface area (Å²) in [6.07, 6.45) is 0. The van der Waals surface area contributed by atoms with E-state index in [9.17, 15) is 8.42 Å². The van der Waals surface area contributed by atoms with E-state index in [-0.39, 0.29) is 4.90 Å². The number of rotatable bonds is 6. The van der Waals surface area contributed by atoms with Gasteiger partial charge in [-0.3, -0.25) is 0 Å². The van der Waals surface area contributed by atoms with Crippen molar-refractivity contribution in [3.63, 3.8) is 0 Å². The molecule has 0 saturated carbocycles. The molecule has 1 aromatic heterocycles. The van der Waals surface area contributed by atoms with Gasteiger partial charge in [-0.1, -0.05) is 23.3 Å². The summed E-state index contributed by atoms with van der Waals surface area (Å²) in [5.41, 5.74) is 0.845. The molecule has 10 nitrogen and oxygen atoms in total. The molecule has 0 unspecified atom stereocenters. The number of sulfonamides is 1. The Morgan fingerprint density at radius 1 is 0.900 bits per heavy atom. The highest BCUT2D eigenvalue weighted by Crippen LogP contribution is 2.31. The first kappa shape index (κ1) is 20.1. The number of anilines is 1. The van der Waals surface area contributed by atoms with Crippen molar-refractivity contribution in [2.24, 2.45) is 0 Å². The van der Waals surface area contributed by atoms with Gasteiger partial charge in [0.05, 0.1) is 24.8 Å². The fraction of sp³-hybridized carbons (Fsp3) is 0.316. The zero-order valence-electron chi connectivity index (χ0n) is 16.7. The molecule has 1 aliphatic heterocycles. The number of tetrazole rings is 1. The van der Waals surface area contributed by atoms with Gasteiger partial charge in [-0.2, -0.15) is 8.99 Å². The minimum absolute atomic E-state index is 0.169. The van der Waals surface area contributed by atoms with Crippen molar-refractivity contribution in [1.82, 2.24) is 24.5 Å². The molecule has 0 aliphatic carbocycles. The molecule has 0 radical (unpaired) electrons. The molecule has 0 atom stereocenters. The van der Waals surface area contributed by atoms with Gasteiger partial charge in [-0.05, 0) is 34.7 Å². The summed E-state index contributed by atoms with van der Waals surface area (Å²) in [6, 6.07) is 14.2. The lowest BCUT2D eigenvalue weighted by atomic mass is 10.3. The summed E-state index contributed by atoms with van der Waals surface area (Å²) in [6.45, 7) is 1.58. The number of benzene rings is 2. The summed E-state index contributed by atoms with van der Waals surface area (Å²) in [5, 5.41) is 12.0. The molecule has 0 amide bonds. The maximum atomic E-state index is 13.1. The monoisotopic (exact) mass is 430 g/mol. The van der Waals surface area contributed by atoms with Crippen molar-refractivity contribution in [3.8, 4) is 17.2 Å². The summed E-state index contributed by atoms with van der Waals surface area (Å²) in [4.78, 5) is 2.15. The first-order valence-electron chi connectivity index (χ1n) is 9.35. The number of aromatic nitrogens is 4. The molecule has 2 heterocycles. The number of nitrogens with zero attached hydrogens (tertiary/aromatic N) is 6. The fourth-order valence-electron chi connectivity index (χ4n) is 3.37. The van der Waals surface area contributed by atoms with Crippen molar-refractivity contribution in [3.05, 3.63) is 48.5 Å². The van der Waals surface area contributed by atoms with Crippen LogP contribution in [-0.2, 0) is 10.0 Å². The molecule has 30 heavy (non-hydrogen) atoms. The van der Waals surface area contributed by atoms with Gasteiger partial charge in [0.2, 0.25) is 16.0 Å². The van der Waals surface area contributed by atoms with E-state index < -0.39 is 10.0 Å². The van der Waals surface area contributed by atoms with Crippen LogP contribution in [0.15, 0.2) is 53.4 Å². The summed E-state index contributed by atoms with van der Waals surface area (Å²) < 4.78 is 39.7. The maximum Gasteiger partial charge on any atom is 0.250 e. The number of hydrogen-bond acceptors (Lipinski definition) is 8. The minimum atomic E-state index is -3.66. The molecule has 158 valence electrons. The molecule has 0 bridgehead atoms. The molecular formula is C19H22N6O4S. The van der Waals surface area contributed by atoms with Gasteiger partial charge in [0.1, 0.15) is 0 Å². The van der Waals surface area contributed by atoms with Crippen LogP contribution in [0.3, 0.4) is 0 Å². The molecule has 1 aliphatic rings. The number of ether oxygens (including phenoxy) is 2. The lowest BCUT2D eigenvalue weighted by molar-refractivity contribution is 0.353. The standard InChI is InChI=1S/C19H22N6O4S/c1-28-17-9-8-16(14-18(17)29-2)30(26,27)24-12-10-23(11-13-24)19-20-21-22-25(19)15-6-4-3-5-7-15/h3-9,14H,10-13H2,1-2H3. The third-order valence-electron chi connectivity index (χ3n) is 4.97. The Labute approximate surface area is 174 Å². The molecule has 1 fully saturated rings. The smallest absolute Gasteiger partial charge is 0.250 e. The molecule has 3 aromatic rings. The predicted molar refractivity (Wildman–Crippen MR) is 110 cm³/mol. The topological polar surface area (TPSA) is 103 Å². The van der Waals surface area contributed by atoms with E-state index in [1.165, 1.54) is 30.7 Å². The number of piperazine rings is 1. The minimum Gasteiger partial charge on any atom is -0.493 e. The molecular weight excluding hydrogens is 408 g/mol. The van der Waals surface area contributed by atoms with Crippen molar-refractivity contribution in [1.29, 1.82) is 0 Å². The van der Waals surface area contributed by atoms with Crippen LogP contribution in [-0.4, -0.2) is 73.3 Å². The number of hydrogen-bond donors (Lipinski definition) is 0. The van der Waals surface area contributed by atoms with E-state index in [2.05, 4.69) is 15.5 Å². The largest absolute Gasteiger partial charge is 0.493 e. The first-order chi connectivity index (χ1) is 14.5. The van der Waals surface area contributed by atoms with Gasteiger partial charge in [0.15, 0.2) is 11.5 Å². The molecule has 4 rings (SSSR count). The predicted octanol–water partition coefficient (Wildman–Crippen LogP) is 1.19. The van der Waals surface area contributed by atoms with Crippen molar-refractivity contribution in [2.75, 3.05) is 45.3 Å². The van der Waals surface area contributed by atoms with Crippen LogP contribution >= 0.6 is 0 Å². The summed E-state index contributed by atoms with van der Waals surface area (Å²) in [5.74, 6) is 1.44. The zero-order valence-corrected chi connectivity index (χ0v) is 17.5. The van der Waals surface area contributed by atoms with Crippen LogP contribution in [0.25, 0.3) is 5.69 Å².